The fraction of sp³-hybridized carbons (Fsp3) is 0.552. The molecule has 2 aromatic rings. The zero-order valence-electron chi connectivity index (χ0n) is 25.2. The number of benzene rings is 1. The Morgan fingerprint density at radius 2 is 1.89 bits per heavy atom. The van der Waals surface area contributed by atoms with Crippen LogP contribution < -0.4 is 25.8 Å². The van der Waals surface area contributed by atoms with E-state index in [0.717, 1.165) is 24.9 Å². The van der Waals surface area contributed by atoms with Crippen molar-refractivity contribution in [1.29, 1.82) is 0 Å². The van der Waals surface area contributed by atoms with Crippen LogP contribution in [-0.4, -0.2) is 83.9 Å². The number of halogens is 2. The van der Waals surface area contributed by atoms with Crippen LogP contribution in [0.1, 0.15) is 62.3 Å². The maximum absolute atomic E-state index is 14.0. The number of carboxylic acid groups (broad SMARTS) is 1. The molecule has 0 spiro atoms. The number of carboxylic acids is 1. The topological polar surface area (TPSA) is 196 Å². The number of likely N-dealkylation sites (tertiary alicyclic amines) is 1. The lowest BCUT2D eigenvalue weighted by Crippen LogP contribution is -2.52. The molecule has 1 saturated heterocycles. The largest absolute Gasteiger partial charge is 0.489 e. The summed E-state index contributed by atoms with van der Waals surface area (Å²) in [7, 11) is 1.16. The molecule has 1 saturated carbocycles. The second-order valence-electron chi connectivity index (χ2n) is 11.4. The van der Waals surface area contributed by atoms with Gasteiger partial charge in [0.1, 0.15) is 12.1 Å². The molecule has 246 valence electrons. The molecule has 0 unspecified atom stereocenters. The highest BCUT2D eigenvalue weighted by Crippen LogP contribution is 2.37. The van der Waals surface area contributed by atoms with Crippen LogP contribution in [0, 0.1) is 11.8 Å². The van der Waals surface area contributed by atoms with E-state index in [1.54, 1.807) is 20.8 Å². The number of oxazole rings is 1. The van der Waals surface area contributed by atoms with Crippen molar-refractivity contribution >= 4 is 23.9 Å². The minimum atomic E-state index is -3.08. The van der Waals surface area contributed by atoms with E-state index in [9.17, 15) is 33.1 Å². The van der Waals surface area contributed by atoms with Gasteiger partial charge < -0.3 is 45.0 Å². The molecule has 45 heavy (non-hydrogen) atoms. The predicted octanol–water partition coefficient (Wildman–Crippen LogP) is 2.92. The number of aliphatic carboxylic acids is 1. The van der Waals surface area contributed by atoms with Gasteiger partial charge in [-0.05, 0) is 56.2 Å². The van der Waals surface area contributed by atoms with E-state index in [4.69, 9.17) is 14.9 Å². The Morgan fingerprint density at radius 1 is 1.18 bits per heavy atom. The average molecular weight is 638 g/mol. The highest BCUT2D eigenvalue weighted by Gasteiger charge is 2.43. The van der Waals surface area contributed by atoms with Crippen molar-refractivity contribution in [1.82, 2.24) is 20.5 Å². The summed E-state index contributed by atoms with van der Waals surface area (Å²) in [4.78, 5) is 56.6. The normalized spacial score (nSPS) is 19.3. The number of aromatic nitrogens is 1. The van der Waals surface area contributed by atoms with Gasteiger partial charge in [0.2, 0.25) is 11.8 Å². The average Bonchev–Trinajstić information content (AvgIpc) is 3.53. The molecule has 1 aliphatic heterocycles. The molecule has 0 bridgehead atoms. The quantitative estimate of drug-likeness (QED) is 0.252. The maximum atomic E-state index is 14.0. The molecule has 1 aromatic carbocycles. The van der Waals surface area contributed by atoms with E-state index >= 15 is 0 Å². The van der Waals surface area contributed by atoms with Crippen molar-refractivity contribution in [2.75, 3.05) is 20.3 Å². The molecule has 16 heteroatoms. The Kier molecular flexibility index (Phi) is 10.5. The number of nitrogens with zero attached hydrogens (tertiary/aromatic N) is 2. The Bertz CT molecular complexity index is 1410. The Hall–Kier alpha value is -4.47. The SMILES string of the molecule is COC(=O)N[C@@H]1C[C@@H](C(=O)N[C@H](C(=O)O)C(C)C)N(C(=O)c2nc(-c3ccc(OC(F)F)c(OCC4CC4)c3)oc2[C@H](C)N)C1. The third-order valence-corrected chi connectivity index (χ3v) is 7.45. The second-order valence-corrected chi connectivity index (χ2v) is 11.4. The van der Waals surface area contributed by atoms with Gasteiger partial charge in [0.15, 0.2) is 23.0 Å². The number of hydrogen-bond donors (Lipinski definition) is 4. The Balaban J connectivity index is 1.67. The molecule has 2 fully saturated rings. The van der Waals surface area contributed by atoms with Gasteiger partial charge in [0.25, 0.3) is 5.91 Å². The number of rotatable bonds is 13. The summed E-state index contributed by atoms with van der Waals surface area (Å²) in [6.07, 6.45) is 1.11. The fourth-order valence-corrected chi connectivity index (χ4v) is 4.89. The van der Waals surface area contributed by atoms with Gasteiger partial charge in [-0.15, -0.1) is 0 Å². The lowest BCUT2D eigenvalue weighted by atomic mass is 10.0. The van der Waals surface area contributed by atoms with Crippen molar-refractivity contribution in [2.24, 2.45) is 17.6 Å². The first kappa shape index (κ1) is 33.4. The Labute approximate surface area is 257 Å². The van der Waals surface area contributed by atoms with Crippen LogP contribution in [0.25, 0.3) is 11.5 Å². The van der Waals surface area contributed by atoms with Crippen molar-refractivity contribution in [2.45, 2.75) is 70.8 Å². The smallest absolute Gasteiger partial charge is 0.407 e. The van der Waals surface area contributed by atoms with Gasteiger partial charge in [0.05, 0.1) is 25.8 Å². The zero-order chi connectivity index (χ0) is 33.0. The lowest BCUT2D eigenvalue weighted by molar-refractivity contribution is -0.143. The molecular formula is C29H37F2N5O9. The highest BCUT2D eigenvalue weighted by molar-refractivity contribution is 5.98. The number of carbonyl (C=O) groups is 4. The minimum Gasteiger partial charge on any atom is -0.489 e. The maximum Gasteiger partial charge on any atom is 0.407 e. The van der Waals surface area contributed by atoms with Crippen molar-refractivity contribution in [3.05, 3.63) is 29.7 Å². The van der Waals surface area contributed by atoms with E-state index in [-0.39, 0.29) is 47.4 Å². The lowest BCUT2D eigenvalue weighted by Gasteiger charge is -2.26. The van der Waals surface area contributed by atoms with E-state index in [0.29, 0.717) is 12.5 Å². The van der Waals surface area contributed by atoms with Gasteiger partial charge in [0, 0.05) is 12.1 Å². The molecule has 4 atom stereocenters. The molecule has 2 aliphatic rings. The van der Waals surface area contributed by atoms with Gasteiger partial charge in [-0.3, -0.25) is 9.59 Å². The number of carbonyl (C=O) groups excluding carboxylic acids is 3. The molecule has 4 rings (SSSR count). The number of nitrogens with two attached hydrogens (primary N) is 1. The van der Waals surface area contributed by atoms with Gasteiger partial charge in [-0.25, -0.2) is 14.6 Å². The summed E-state index contributed by atoms with van der Waals surface area (Å²) < 4.78 is 46.9. The summed E-state index contributed by atoms with van der Waals surface area (Å²) in [5, 5.41) is 14.6. The summed E-state index contributed by atoms with van der Waals surface area (Å²) in [6.45, 7) is 1.90. The van der Waals surface area contributed by atoms with E-state index in [1.165, 1.54) is 18.2 Å². The third-order valence-electron chi connectivity index (χ3n) is 7.45. The van der Waals surface area contributed by atoms with Crippen LogP contribution in [0.2, 0.25) is 0 Å². The Morgan fingerprint density at radius 3 is 2.47 bits per heavy atom. The molecular weight excluding hydrogens is 600 g/mol. The summed E-state index contributed by atoms with van der Waals surface area (Å²) >= 11 is 0. The van der Waals surface area contributed by atoms with Gasteiger partial charge in [-0.2, -0.15) is 8.78 Å². The first-order valence-corrected chi connectivity index (χ1v) is 14.5. The van der Waals surface area contributed by atoms with E-state index < -0.39 is 60.6 Å². The number of alkyl halides is 2. The predicted molar refractivity (Wildman–Crippen MR) is 153 cm³/mol. The highest BCUT2D eigenvalue weighted by atomic mass is 19.3. The van der Waals surface area contributed by atoms with Gasteiger partial charge >= 0.3 is 18.7 Å². The van der Waals surface area contributed by atoms with Crippen molar-refractivity contribution in [3.63, 3.8) is 0 Å². The summed E-state index contributed by atoms with van der Waals surface area (Å²) in [5.74, 6) is -3.11. The van der Waals surface area contributed by atoms with Crippen LogP contribution >= 0.6 is 0 Å². The van der Waals surface area contributed by atoms with Crippen LogP contribution in [0.15, 0.2) is 22.6 Å². The minimum absolute atomic E-state index is 0.0162. The summed E-state index contributed by atoms with van der Waals surface area (Å²) in [6, 6.07) is 0.131. The fourth-order valence-electron chi connectivity index (χ4n) is 4.89. The molecule has 2 heterocycles. The van der Waals surface area contributed by atoms with Gasteiger partial charge in [-0.1, -0.05) is 13.8 Å². The van der Waals surface area contributed by atoms with Crippen LogP contribution in [0.4, 0.5) is 13.6 Å². The number of amides is 3. The van der Waals surface area contributed by atoms with Crippen LogP contribution in [0.3, 0.4) is 0 Å². The number of ether oxygens (including phenoxy) is 3. The van der Waals surface area contributed by atoms with Crippen molar-refractivity contribution < 1.29 is 51.7 Å². The van der Waals surface area contributed by atoms with Crippen molar-refractivity contribution in [3.8, 4) is 23.0 Å². The molecule has 1 aliphatic carbocycles. The first-order valence-electron chi connectivity index (χ1n) is 14.5. The molecule has 0 radical (unpaired) electrons. The molecule has 3 amide bonds. The number of alkyl carbamates (subject to hydrolysis) is 1. The first-order chi connectivity index (χ1) is 21.3. The number of hydrogen-bond acceptors (Lipinski definition) is 10. The molecule has 1 aromatic heterocycles. The van der Waals surface area contributed by atoms with E-state index in [1.807, 2.05) is 0 Å². The van der Waals surface area contributed by atoms with Crippen LogP contribution in [0.5, 0.6) is 11.5 Å². The number of nitrogens with one attached hydrogen (secondary N) is 2. The zero-order valence-corrected chi connectivity index (χ0v) is 25.2. The monoisotopic (exact) mass is 637 g/mol. The third kappa shape index (κ3) is 8.17. The van der Waals surface area contributed by atoms with E-state index in [2.05, 4.69) is 25.1 Å². The van der Waals surface area contributed by atoms with Crippen LogP contribution in [-0.2, 0) is 14.3 Å². The molecule has 5 N–H and O–H groups in total. The molecule has 14 nitrogen and oxygen atoms in total. The number of methoxy groups -OCH3 is 1. The standard InChI is InChI=1S/C29H37F2N5O9/c1-13(2)21(27(39)40)34-24(37)18-10-17(33-29(41)42-4)11-36(18)26(38)22-23(14(3)32)45-25(35-22)16-7-8-19(44-28(30)31)20(9-16)43-12-15-5-6-15/h7-9,13-15,17-18,21,28H,5-6,10-12,32H2,1-4H3,(H,33,41)(H,34,37)(H,39,40)/t14-,17+,18-,21-/m0/s1. The summed E-state index contributed by atoms with van der Waals surface area (Å²) in [5.41, 5.74) is 6.19. The second kappa shape index (κ2) is 14.1.